The van der Waals surface area contributed by atoms with Gasteiger partial charge in [0.05, 0.1) is 6.54 Å². The maximum atomic E-state index is 12.6. The third-order valence-electron chi connectivity index (χ3n) is 4.13. The van der Waals surface area contributed by atoms with Gasteiger partial charge in [0, 0.05) is 12.1 Å². The molecule has 24 heavy (non-hydrogen) atoms. The van der Waals surface area contributed by atoms with Crippen LogP contribution >= 0.6 is 0 Å². The number of alkyl halides is 2. The Hall–Kier alpha value is -2.22. The molecule has 8 heteroatoms. The Bertz CT molecular complexity index is 642. The number of ether oxygens (including phenoxy) is 1. The zero-order chi connectivity index (χ0) is 18.1. The predicted octanol–water partition coefficient (Wildman–Crippen LogP) is 1.36. The highest BCUT2D eigenvalue weighted by molar-refractivity contribution is 5.96. The van der Waals surface area contributed by atoms with Gasteiger partial charge in [-0.05, 0) is 49.9 Å². The molecule has 1 saturated heterocycles. The smallest absolute Gasteiger partial charge is 0.387 e. The van der Waals surface area contributed by atoms with Crippen LogP contribution in [0.2, 0.25) is 0 Å². The molecule has 0 saturated carbocycles. The Morgan fingerprint density at radius 1 is 1.33 bits per heavy atom. The summed E-state index contributed by atoms with van der Waals surface area (Å²) in [4.78, 5) is 25.3. The summed E-state index contributed by atoms with van der Waals surface area (Å²) in [7, 11) is 0. The summed E-state index contributed by atoms with van der Waals surface area (Å²) >= 11 is 0. The Balaban J connectivity index is 2.25. The van der Waals surface area contributed by atoms with E-state index in [9.17, 15) is 23.5 Å². The fourth-order valence-corrected chi connectivity index (χ4v) is 2.94. The highest BCUT2D eigenvalue weighted by atomic mass is 19.3. The van der Waals surface area contributed by atoms with Crippen molar-refractivity contribution in [1.29, 1.82) is 0 Å². The number of aryl methyl sites for hydroxylation is 2. The molecule has 0 radical (unpaired) electrons. The molecule has 1 heterocycles. The van der Waals surface area contributed by atoms with Crippen molar-refractivity contribution < 1.29 is 28.2 Å². The van der Waals surface area contributed by atoms with E-state index in [0.717, 1.165) is 0 Å². The summed E-state index contributed by atoms with van der Waals surface area (Å²) in [6, 6.07) is 2.90. The van der Waals surface area contributed by atoms with Gasteiger partial charge in [0.2, 0.25) is 0 Å². The molecule has 1 fully saturated rings. The Labute approximate surface area is 138 Å². The van der Waals surface area contributed by atoms with Crippen molar-refractivity contribution in [3.63, 3.8) is 0 Å². The number of likely N-dealkylation sites (tertiary alicyclic amines) is 1. The molecule has 6 nitrogen and oxygen atoms in total. The largest absolute Gasteiger partial charge is 0.434 e. The first-order valence-corrected chi connectivity index (χ1v) is 7.51. The average molecular weight is 342 g/mol. The molecule has 0 aromatic heterocycles. The Morgan fingerprint density at radius 3 is 2.42 bits per heavy atom. The number of nitrogens with zero attached hydrogens (tertiary/aromatic N) is 1. The van der Waals surface area contributed by atoms with Crippen LogP contribution in [0.1, 0.15) is 34.3 Å². The van der Waals surface area contributed by atoms with E-state index in [4.69, 9.17) is 5.73 Å². The van der Waals surface area contributed by atoms with Crippen molar-refractivity contribution in [2.75, 3.05) is 13.1 Å². The number of rotatable bonds is 4. The van der Waals surface area contributed by atoms with Crippen molar-refractivity contribution in [1.82, 2.24) is 4.90 Å². The molecule has 1 aliphatic heterocycles. The first-order valence-electron chi connectivity index (χ1n) is 7.51. The number of hydrogen-bond acceptors (Lipinski definition) is 4. The van der Waals surface area contributed by atoms with Gasteiger partial charge < -0.3 is 20.5 Å². The lowest BCUT2D eigenvalue weighted by Crippen LogP contribution is -2.57. The SMILES string of the molecule is Cc1cc(C(=O)N2CCCC(O)(C(N)=O)C2)cc(C)c1OC(F)F. The lowest BCUT2D eigenvalue weighted by Gasteiger charge is -2.37. The second kappa shape index (κ2) is 6.72. The summed E-state index contributed by atoms with van der Waals surface area (Å²) < 4.78 is 29.3. The highest BCUT2D eigenvalue weighted by Gasteiger charge is 2.40. The number of hydrogen-bond donors (Lipinski definition) is 2. The zero-order valence-electron chi connectivity index (χ0n) is 13.5. The van der Waals surface area contributed by atoms with E-state index in [1.165, 1.54) is 17.0 Å². The predicted molar refractivity (Wildman–Crippen MR) is 81.8 cm³/mol. The van der Waals surface area contributed by atoms with E-state index in [2.05, 4.69) is 4.74 Å². The van der Waals surface area contributed by atoms with E-state index in [-0.39, 0.29) is 24.3 Å². The van der Waals surface area contributed by atoms with E-state index < -0.39 is 24.0 Å². The van der Waals surface area contributed by atoms with Crippen molar-refractivity contribution in [3.8, 4) is 5.75 Å². The molecule has 1 aromatic rings. The van der Waals surface area contributed by atoms with Crippen LogP contribution in [0.15, 0.2) is 12.1 Å². The van der Waals surface area contributed by atoms with Crippen LogP contribution in [-0.4, -0.2) is 47.1 Å². The molecule has 0 spiro atoms. The molecule has 2 rings (SSSR count). The second-order valence-corrected chi connectivity index (χ2v) is 6.04. The number of piperidine rings is 1. The first-order chi connectivity index (χ1) is 11.1. The quantitative estimate of drug-likeness (QED) is 0.864. The molecule has 3 N–H and O–H groups in total. The molecule has 1 aromatic carbocycles. The zero-order valence-corrected chi connectivity index (χ0v) is 13.5. The number of carbonyl (C=O) groups is 2. The van der Waals surface area contributed by atoms with Gasteiger partial charge in [0.1, 0.15) is 5.75 Å². The molecule has 132 valence electrons. The summed E-state index contributed by atoms with van der Waals surface area (Å²) in [5, 5.41) is 10.2. The first kappa shape index (κ1) is 18.1. The topological polar surface area (TPSA) is 92.9 Å². The fourth-order valence-electron chi connectivity index (χ4n) is 2.94. The fraction of sp³-hybridized carbons (Fsp3) is 0.500. The van der Waals surface area contributed by atoms with Gasteiger partial charge in [-0.2, -0.15) is 8.78 Å². The van der Waals surface area contributed by atoms with Gasteiger partial charge in [-0.3, -0.25) is 9.59 Å². The minimum absolute atomic E-state index is 0.0360. The lowest BCUT2D eigenvalue weighted by molar-refractivity contribution is -0.140. The number of halogens is 2. The minimum Gasteiger partial charge on any atom is -0.434 e. The molecule has 1 unspecified atom stereocenters. The minimum atomic E-state index is -2.95. The number of carbonyl (C=O) groups excluding carboxylic acids is 2. The van der Waals surface area contributed by atoms with Crippen LogP contribution in [0.3, 0.4) is 0 Å². The lowest BCUT2D eigenvalue weighted by atomic mass is 9.91. The van der Waals surface area contributed by atoms with Crippen molar-refractivity contribution in [2.24, 2.45) is 5.73 Å². The third kappa shape index (κ3) is 3.64. The molecule has 2 amide bonds. The average Bonchev–Trinajstić information content (AvgIpc) is 2.49. The van der Waals surface area contributed by atoms with Gasteiger partial charge in [-0.15, -0.1) is 0 Å². The van der Waals surface area contributed by atoms with Crippen LogP contribution in [0.4, 0.5) is 8.78 Å². The van der Waals surface area contributed by atoms with Gasteiger partial charge >= 0.3 is 6.61 Å². The monoisotopic (exact) mass is 342 g/mol. The highest BCUT2D eigenvalue weighted by Crippen LogP contribution is 2.28. The van der Waals surface area contributed by atoms with Crippen LogP contribution in [0.25, 0.3) is 0 Å². The molecule has 0 aliphatic carbocycles. The van der Waals surface area contributed by atoms with Crippen LogP contribution in [-0.2, 0) is 4.79 Å². The van der Waals surface area contributed by atoms with E-state index in [1.807, 2.05) is 0 Å². The molecule has 1 aliphatic rings. The van der Waals surface area contributed by atoms with E-state index in [1.54, 1.807) is 13.8 Å². The van der Waals surface area contributed by atoms with Crippen LogP contribution in [0.5, 0.6) is 5.75 Å². The third-order valence-corrected chi connectivity index (χ3v) is 4.13. The van der Waals surface area contributed by atoms with E-state index >= 15 is 0 Å². The number of nitrogens with two attached hydrogens (primary N) is 1. The Morgan fingerprint density at radius 2 is 1.92 bits per heavy atom. The summed E-state index contributed by atoms with van der Waals surface area (Å²) in [6.07, 6.45) is 0.640. The van der Waals surface area contributed by atoms with Gasteiger partial charge in [0.15, 0.2) is 5.60 Å². The molecular formula is C16H20F2N2O4. The maximum Gasteiger partial charge on any atom is 0.387 e. The normalized spacial score (nSPS) is 21.0. The number of amides is 2. The van der Waals surface area contributed by atoms with Gasteiger partial charge in [-0.25, -0.2) is 0 Å². The van der Waals surface area contributed by atoms with Crippen molar-refractivity contribution >= 4 is 11.8 Å². The van der Waals surface area contributed by atoms with Gasteiger partial charge in [-0.1, -0.05) is 0 Å². The number of β-amino-alcohol motifs (C(OH)–C–C–N with tert-alkyl or cyclic N) is 1. The summed E-state index contributed by atoms with van der Waals surface area (Å²) in [6.45, 7) is 0.377. The summed E-state index contributed by atoms with van der Waals surface area (Å²) in [5.41, 5.74) is 4.55. The number of primary amides is 1. The molecule has 0 bridgehead atoms. The molecular weight excluding hydrogens is 322 g/mol. The number of benzene rings is 1. The van der Waals surface area contributed by atoms with E-state index in [0.29, 0.717) is 24.1 Å². The Kier molecular flexibility index (Phi) is 5.08. The van der Waals surface area contributed by atoms with Gasteiger partial charge in [0.25, 0.3) is 11.8 Å². The molecule has 1 atom stereocenters. The number of aliphatic hydroxyl groups is 1. The standard InChI is InChI=1S/C16H20F2N2O4/c1-9-6-11(7-10(2)12(9)24-15(17)18)13(21)20-5-3-4-16(23,8-20)14(19)22/h6-7,15,23H,3-5,8H2,1-2H3,(H2,19,22). The summed E-state index contributed by atoms with van der Waals surface area (Å²) in [5.74, 6) is -1.23. The van der Waals surface area contributed by atoms with Crippen molar-refractivity contribution in [2.45, 2.75) is 38.9 Å². The van der Waals surface area contributed by atoms with Crippen LogP contribution in [0, 0.1) is 13.8 Å². The van der Waals surface area contributed by atoms with Crippen molar-refractivity contribution in [3.05, 3.63) is 28.8 Å². The maximum absolute atomic E-state index is 12.6. The van der Waals surface area contributed by atoms with Crippen LogP contribution < -0.4 is 10.5 Å². The second-order valence-electron chi connectivity index (χ2n) is 6.04.